The summed E-state index contributed by atoms with van der Waals surface area (Å²) in [5, 5.41) is 3.78. The van der Waals surface area contributed by atoms with E-state index in [4.69, 9.17) is 15.0 Å². The topological polar surface area (TPSA) is 49.1 Å². The summed E-state index contributed by atoms with van der Waals surface area (Å²) in [6.07, 6.45) is 50.7. The van der Waals surface area contributed by atoms with Crippen molar-refractivity contribution < 1.29 is 0 Å². The van der Waals surface area contributed by atoms with Gasteiger partial charge in [0.25, 0.3) is 0 Å². The maximum atomic E-state index is 5.39. The minimum atomic E-state index is 0.112. The summed E-state index contributed by atoms with van der Waals surface area (Å²) in [5.41, 5.74) is 5.85. The first kappa shape index (κ1) is 32.0. The molecule has 4 nitrogen and oxygen atoms in total. The Morgan fingerprint density at radius 3 is 2.35 bits per heavy atom. The van der Waals surface area contributed by atoms with Crippen LogP contribution in [-0.4, -0.2) is 30.1 Å². The molecule has 1 saturated carbocycles. The van der Waals surface area contributed by atoms with Gasteiger partial charge in [0.05, 0.1) is 0 Å². The molecule has 0 spiro atoms. The Labute approximate surface area is 289 Å². The van der Waals surface area contributed by atoms with Crippen LogP contribution in [0.5, 0.6) is 0 Å². The first-order valence-electron chi connectivity index (χ1n) is 19.7. The van der Waals surface area contributed by atoms with Crippen LogP contribution in [0.3, 0.4) is 0 Å². The van der Waals surface area contributed by atoms with E-state index >= 15 is 0 Å². The van der Waals surface area contributed by atoms with Gasteiger partial charge in [-0.05, 0) is 120 Å². The molecule has 8 unspecified atom stereocenters. The SMILES string of the molecule is C1=CCCC(C2=NCC(C3=CC=CCC3)CC2C2C=CC(C3CCCC(C4=NC(C5C=CCCC5)NC(C5=CCCC=C5)=N4)C3)CC2)=C1. The van der Waals surface area contributed by atoms with Crippen molar-refractivity contribution in [2.75, 3.05) is 6.54 Å². The number of nitrogens with one attached hydrogen (secondary N) is 1. The molecule has 1 N–H and O–H groups in total. The normalized spacial score (nSPS) is 36.7. The Hall–Kier alpha value is -3.27. The Kier molecular flexibility index (Phi) is 10.1. The molecule has 8 atom stereocenters. The fraction of sp³-hybridized carbons (Fsp3) is 0.568. The molecule has 8 aliphatic rings. The predicted molar refractivity (Wildman–Crippen MR) is 202 cm³/mol. The number of rotatable bonds is 7. The van der Waals surface area contributed by atoms with Crippen LogP contribution in [0, 0.1) is 41.4 Å². The summed E-state index contributed by atoms with van der Waals surface area (Å²) in [6, 6.07) is 0. The maximum Gasteiger partial charge on any atom is 0.136 e. The number of nitrogens with zero attached hydrogens (tertiary/aromatic N) is 3. The van der Waals surface area contributed by atoms with E-state index in [0.717, 1.165) is 49.8 Å². The highest BCUT2D eigenvalue weighted by atomic mass is 15.2. The van der Waals surface area contributed by atoms with E-state index < -0.39 is 0 Å². The van der Waals surface area contributed by atoms with Gasteiger partial charge in [-0.2, -0.15) is 0 Å². The Balaban J connectivity index is 0.983. The van der Waals surface area contributed by atoms with Gasteiger partial charge in [-0.15, -0.1) is 0 Å². The lowest BCUT2D eigenvalue weighted by Gasteiger charge is -2.40. The van der Waals surface area contributed by atoms with E-state index in [0.29, 0.717) is 35.5 Å². The third-order valence-electron chi connectivity index (χ3n) is 12.7. The average molecular weight is 641 g/mol. The van der Waals surface area contributed by atoms with Gasteiger partial charge in [0, 0.05) is 41.5 Å². The summed E-state index contributed by atoms with van der Waals surface area (Å²) in [4.78, 5) is 16.1. The summed E-state index contributed by atoms with van der Waals surface area (Å²) >= 11 is 0. The molecule has 2 heterocycles. The molecule has 8 rings (SSSR count). The molecule has 2 aliphatic heterocycles. The molecule has 252 valence electrons. The molecule has 0 aromatic heterocycles. The molecular formula is C44H56N4. The minimum Gasteiger partial charge on any atom is -0.347 e. The second-order valence-corrected chi connectivity index (χ2v) is 15.7. The lowest BCUT2D eigenvalue weighted by Crippen LogP contribution is -2.44. The summed E-state index contributed by atoms with van der Waals surface area (Å²) in [5.74, 6) is 6.31. The lowest BCUT2D eigenvalue weighted by atomic mass is 9.67. The summed E-state index contributed by atoms with van der Waals surface area (Å²) < 4.78 is 0. The lowest BCUT2D eigenvalue weighted by molar-refractivity contribution is 0.223. The molecule has 1 fully saturated rings. The van der Waals surface area contributed by atoms with Crippen LogP contribution in [0.15, 0.2) is 111 Å². The van der Waals surface area contributed by atoms with E-state index in [1.54, 1.807) is 5.57 Å². The smallest absolute Gasteiger partial charge is 0.136 e. The van der Waals surface area contributed by atoms with Crippen LogP contribution in [0.1, 0.15) is 103 Å². The maximum absolute atomic E-state index is 5.39. The molecule has 0 bridgehead atoms. The van der Waals surface area contributed by atoms with E-state index in [-0.39, 0.29) is 6.17 Å². The fourth-order valence-electron chi connectivity index (χ4n) is 9.95. The van der Waals surface area contributed by atoms with E-state index in [1.165, 1.54) is 93.9 Å². The second-order valence-electron chi connectivity index (χ2n) is 15.7. The van der Waals surface area contributed by atoms with E-state index in [1.807, 2.05) is 0 Å². The van der Waals surface area contributed by atoms with Gasteiger partial charge >= 0.3 is 0 Å². The van der Waals surface area contributed by atoms with Crippen molar-refractivity contribution in [3.63, 3.8) is 0 Å². The minimum absolute atomic E-state index is 0.112. The van der Waals surface area contributed by atoms with Crippen molar-refractivity contribution >= 4 is 17.4 Å². The first-order valence-corrected chi connectivity index (χ1v) is 19.7. The Bertz CT molecular complexity index is 1540. The molecular weight excluding hydrogens is 585 g/mol. The zero-order valence-electron chi connectivity index (χ0n) is 29.0. The Morgan fingerprint density at radius 1 is 0.688 bits per heavy atom. The number of hydrogen-bond acceptors (Lipinski definition) is 4. The molecule has 0 aromatic rings. The highest BCUT2D eigenvalue weighted by Crippen LogP contribution is 2.44. The Morgan fingerprint density at radius 2 is 1.58 bits per heavy atom. The van der Waals surface area contributed by atoms with E-state index in [9.17, 15) is 0 Å². The van der Waals surface area contributed by atoms with Gasteiger partial charge in [-0.25, -0.2) is 9.98 Å². The van der Waals surface area contributed by atoms with Crippen LogP contribution in [0.2, 0.25) is 0 Å². The highest BCUT2D eigenvalue weighted by Gasteiger charge is 2.38. The van der Waals surface area contributed by atoms with Crippen LogP contribution in [0.4, 0.5) is 0 Å². The summed E-state index contributed by atoms with van der Waals surface area (Å²) in [6.45, 7) is 0.976. The molecule has 6 aliphatic carbocycles. The van der Waals surface area contributed by atoms with Crippen molar-refractivity contribution in [2.24, 2.45) is 56.4 Å². The number of allylic oxidation sites excluding steroid dienone is 12. The molecule has 0 radical (unpaired) electrons. The van der Waals surface area contributed by atoms with Crippen molar-refractivity contribution in [2.45, 2.75) is 109 Å². The first-order chi connectivity index (χ1) is 23.8. The standard InChI is InChI=1S/C44H56N4/c1-5-14-31(15-6-1)39-29-40(41(45-30-39)34-16-7-2-8-17-34)33-26-24-32(25-27-33)37-22-13-23-38(28-37)44-47-42(35-18-9-3-10-19-35)46-43(48-44)36-20-11-4-12-21-36/h1-2,5,7,9,11,14,16,18-20,24,26,32-33,36-40,43H,3-4,6,8,10,12-13,15,17,21-23,25,27-30H2,(H,46,47,48). The number of amidine groups is 2. The van der Waals surface area contributed by atoms with Crippen LogP contribution >= 0.6 is 0 Å². The quantitative estimate of drug-likeness (QED) is 0.277. The third kappa shape index (κ3) is 7.19. The van der Waals surface area contributed by atoms with Crippen LogP contribution < -0.4 is 5.32 Å². The zero-order valence-corrected chi connectivity index (χ0v) is 29.0. The van der Waals surface area contributed by atoms with Gasteiger partial charge in [-0.1, -0.05) is 91.0 Å². The van der Waals surface area contributed by atoms with Crippen molar-refractivity contribution in [3.05, 3.63) is 95.7 Å². The zero-order chi connectivity index (χ0) is 32.1. The van der Waals surface area contributed by atoms with Crippen molar-refractivity contribution in [3.8, 4) is 0 Å². The van der Waals surface area contributed by atoms with Gasteiger partial charge in [0.1, 0.15) is 17.8 Å². The van der Waals surface area contributed by atoms with Crippen LogP contribution in [-0.2, 0) is 0 Å². The molecule has 0 amide bonds. The van der Waals surface area contributed by atoms with Crippen molar-refractivity contribution in [1.29, 1.82) is 0 Å². The number of aliphatic imine (C=N–C) groups is 3. The number of hydrogen-bond donors (Lipinski definition) is 1. The molecule has 0 saturated heterocycles. The molecule has 0 aromatic carbocycles. The monoisotopic (exact) mass is 640 g/mol. The van der Waals surface area contributed by atoms with Crippen molar-refractivity contribution in [1.82, 2.24) is 5.32 Å². The van der Waals surface area contributed by atoms with Gasteiger partial charge in [0.15, 0.2) is 0 Å². The summed E-state index contributed by atoms with van der Waals surface area (Å²) in [7, 11) is 0. The third-order valence-corrected chi connectivity index (χ3v) is 12.7. The molecule has 4 heteroatoms. The van der Waals surface area contributed by atoms with Gasteiger partial charge in [-0.3, -0.25) is 4.99 Å². The predicted octanol–water partition coefficient (Wildman–Crippen LogP) is 10.4. The molecule has 48 heavy (non-hydrogen) atoms. The average Bonchev–Trinajstić information content (AvgIpc) is 3.19. The van der Waals surface area contributed by atoms with E-state index in [2.05, 4.69) is 84.3 Å². The van der Waals surface area contributed by atoms with Gasteiger partial charge in [0.2, 0.25) is 0 Å². The van der Waals surface area contributed by atoms with Gasteiger partial charge < -0.3 is 5.32 Å². The highest BCUT2D eigenvalue weighted by molar-refractivity contribution is 6.09. The fourth-order valence-corrected chi connectivity index (χ4v) is 9.95. The second kappa shape index (κ2) is 15.1. The van der Waals surface area contributed by atoms with Crippen LogP contribution in [0.25, 0.3) is 0 Å². The largest absolute Gasteiger partial charge is 0.347 e.